The molecule has 18 heavy (non-hydrogen) atoms. The second-order valence-electron chi connectivity index (χ2n) is 4.75. The van der Waals surface area contributed by atoms with Crippen LogP contribution in [0.4, 0.5) is 0 Å². The molecule has 1 heterocycles. The van der Waals surface area contributed by atoms with Crippen LogP contribution in [0.25, 0.3) is 0 Å². The van der Waals surface area contributed by atoms with E-state index < -0.39 is 0 Å². The number of carbonyl (C=O) groups is 1. The van der Waals surface area contributed by atoms with Crippen LogP contribution in [0.2, 0.25) is 5.02 Å². The summed E-state index contributed by atoms with van der Waals surface area (Å²) in [6, 6.07) is 7.92. The maximum Gasteiger partial charge on any atom is 0.223 e. The van der Waals surface area contributed by atoms with Gasteiger partial charge in [0, 0.05) is 30.6 Å². The Morgan fingerprint density at radius 2 is 2.11 bits per heavy atom. The molecule has 1 aliphatic heterocycles. The highest BCUT2D eigenvalue weighted by Gasteiger charge is 2.26. The van der Waals surface area contributed by atoms with Crippen molar-refractivity contribution in [2.75, 3.05) is 13.1 Å². The molecule has 1 saturated heterocycles. The molecule has 1 aliphatic rings. The van der Waals surface area contributed by atoms with Crippen molar-refractivity contribution in [2.45, 2.75) is 31.7 Å². The molecule has 1 atom stereocenters. The van der Waals surface area contributed by atoms with Gasteiger partial charge in [-0.3, -0.25) is 4.79 Å². The number of nitrogens with two attached hydrogens (primary N) is 1. The first kappa shape index (κ1) is 13.4. The van der Waals surface area contributed by atoms with E-state index in [-0.39, 0.29) is 11.9 Å². The van der Waals surface area contributed by atoms with E-state index >= 15 is 0 Å². The Hall–Kier alpha value is -1.06. The maximum absolute atomic E-state index is 12.1. The molecule has 1 amide bonds. The molecule has 0 bridgehead atoms. The van der Waals surface area contributed by atoms with E-state index in [0.29, 0.717) is 13.0 Å². The lowest BCUT2D eigenvalue weighted by molar-refractivity contribution is -0.131. The third-order valence-corrected chi connectivity index (χ3v) is 3.76. The quantitative estimate of drug-likeness (QED) is 0.908. The highest BCUT2D eigenvalue weighted by molar-refractivity contribution is 6.30. The first-order chi connectivity index (χ1) is 8.70. The number of carbonyl (C=O) groups excluding carboxylic acids is 1. The Balaban J connectivity index is 1.86. The van der Waals surface area contributed by atoms with Crippen molar-refractivity contribution >= 4 is 17.5 Å². The van der Waals surface area contributed by atoms with E-state index in [1.54, 1.807) is 0 Å². The van der Waals surface area contributed by atoms with Crippen molar-refractivity contribution < 1.29 is 4.79 Å². The number of aryl methyl sites for hydroxylation is 1. The van der Waals surface area contributed by atoms with Crippen LogP contribution in [0.15, 0.2) is 24.3 Å². The summed E-state index contributed by atoms with van der Waals surface area (Å²) < 4.78 is 0. The lowest BCUT2D eigenvalue weighted by atomic mass is 10.1. The van der Waals surface area contributed by atoms with E-state index in [1.807, 2.05) is 29.2 Å². The molecular weight excluding hydrogens is 248 g/mol. The zero-order chi connectivity index (χ0) is 13.0. The molecule has 1 fully saturated rings. The normalized spacial score (nSPS) is 19.2. The van der Waals surface area contributed by atoms with Crippen LogP contribution < -0.4 is 5.73 Å². The van der Waals surface area contributed by atoms with Crippen LogP contribution in [-0.4, -0.2) is 29.9 Å². The fraction of sp³-hybridized carbons (Fsp3) is 0.500. The van der Waals surface area contributed by atoms with Gasteiger partial charge >= 0.3 is 0 Å². The van der Waals surface area contributed by atoms with Gasteiger partial charge in [-0.1, -0.05) is 23.7 Å². The standard InChI is InChI=1S/C14H19ClN2O/c15-12-6-3-11(4-7-12)5-8-14(18)17-9-1-2-13(17)10-16/h3-4,6-7,13H,1-2,5,8-10,16H2. The molecule has 2 N–H and O–H groups in total. The van der Waals surface area contributed by atoms with Crippen molar-refractivity contribution in [3.63, 3.8) is 0 Å². The first-order valence-corrected chi connectivity index (χ1v) is 6.82. The van der Waals surface area contributed by atoms with E-state index in [2.05, 4.69) is 0 Å². The van der Waals surface area contributed by atoms with Gasteiger partial charge in [0.15, 0.2) is 0 Å². The van der Waals surface area contributed by atoms with Crippen LogP contribution in [0.1, 0.15) is 24.8 Å². The van der Waals surface area contributed by atoms with Gasteiger partial charge in [0.2, 0.25) is 5.91 Å². The molecule has 98 valence electrons. The summed E-state index contributed by atoms with van der Waals surface area (Å²) in [7, 11) is 0. The third-order valence-electron chi connectivity index (χ3n) is 3.51. The zero-order valence-electron chi connectivity index (χ0n) is 10.4. The van der Waals surface area contributed by atoms with Gasteiger partial charge in [0.1, 0.15) is 0 Å². The summed E-state index contributed by atoms with van der Waals surface area (Å²) in [5.74, 6) is 0.220. The lowest BCUT2D eigenvalue weighted by Gasteiger charge is -2.23. The van der Waals surface area contributed by atoms with Crippen molar-refractivity contribution in [1.29, 1.82) is 0 Å². The summed E-state index contributed by atoms with van der Waals surface area (Å²) in [6.07, 6.45) is 3.44. The number of hydrogen-bond donors (Lipinski definition) is 1. The number of likely N-dealkylation sites (tertiary alicyclic amines) is 1. The van der Waals surface area contributed by atoms with Crippen molar-refractivity contribution in [2.24, 2.45) is 5.73 Å². The molecule has 1 unspecified atom stereocenters. The van der Waals surface area contributed by atoms with Gasteiger partial charge in [-0.25, -0.2) is 0 Å². The van der Waals surface area contributed by atoms with Gasteiger partial charge in [-0.15, -0.1) is 0 Å². The Morgan fingerprint density at radius 3 is 2.78 bits per heavy atom. The predicted octanol–water partition coefficient (Wildman–Crippen LogP) is 2.22. The first-order valence-electron chi connectivity index (χ1n) is 6.44. The van der Waals surface area contributed by atoms with Crippen LogP contribution in [0.5, 0.6) is 0 Å². The summed E-state index contributed by atoms with van der Waals surface area (Å²) in [5, 5.41) is 0.729. The van der Waals surface area contributed by atoms with Crippen molar-refractivity contribution in [3.8, 4) is 0 Å². The van der Waals surface area contributed by atoms with Gasteiger partial charge in [-0.2, -0.15) is 0 Å². The molecule has 4 heteroatoms. The third kappa shape index (κ3) is 3.24. The SMILES string of the molecule is NCC1CCCN1C(=O)CCc1ccc(Cl)cc1. The largest absolute Gasteiger partial charge is 0.338 e. The topological polar surface area (TPSA) is 46.3 Å². The fourth-order valence-corrected chi connectivity index (χ4v) is 2.58. The minimum atomic E-state index is 0.220. The molecule has 0 saturated carbocycles. The van der Waals surface area contributed by atoms with Crippen LogP contribution in [0, 0.1) is 0 Å². The summed E-state index contributed by atoms with van der Waals surface area (Å²) in [6.45, 7) is 1.44. The van der Waals surface area contributed by atoms with Gasteiger partial charge in [0.05, 0.1) is 0 Å². The summed E-state index contributed by atoms with van der Waals surface area (Å²) in [4.78, 5) is 14.0. The molecule has 0 radical (unpaired) electrons. The number of halogens is 1. The molecule has 1 aromatic carbocycles. The van der Waals surface area contributed by atoms with E-state index in [0.717, 1.165) is 36.4 Å². The van der Waals surface area contributed by atoms with Gasteiger partial charge in [0.25, 0.3) is 0 Å². The number of nitrogens with zero attached hydrogens (tertiary/aromatic N) is 1. The van der Waals surface area contributed by atoms with Crippen LogP contribution >= 0.6 is 11.6 Å². The number of benzene rings is 1. The minimum Gasteiger partial charge on any atom is -0.338 e. The van der Waals surface area contributed by atoms with Crippen LogP contribution in [-0.2, 0) is 11.2 Å². The average molecular weight is 267 g/mol. The van der Waals surface area contributed by atoms with Gasteiger partial charge < -0.3 is 10.6 Å². The summed E-state index contributed by atoms with van der Waals surface area (Å²) >= 11 is 5.83. The molecular formula is C14H19ClN2O. The van der Waals surface area contributed by atoms with E-state index in [9.17, 15) is 4.79 Å². The Kier molecular flexibility index (Phi) is 4.61. The smallest absolute Gasteiger partial charge is 0.223 e. The van der Waals surface area contributed by atoms with Crippen molar-refractivity contribution in [3.05, 3.63) is 34.9 Å². The Labute approximate surface area is 113 Å². The highest BCUT2D eigenvalue weighted by atomic mass is 35.5. The monoisotopic (exact) mass is 266 g/mol. The van der Waals surface area contributed by atoms with E-state index in [1.165, 1.54) is 0 Å². The lowest BCUT2D eigenvalue weighted by Crippen LogP contribution is -2.39. The molecule has 3 nitrogen and oxygen atoms in total. The molecule has 2 rings (SSSR count). The average Bonchev–Trinajstić information content (AvgIpc) is 2.86. The van der Waals surface area contributed by atoms with E-state index in [4.69, 9.17) is 17.3 Å². The second-order valence-corrected chi connectivity index (χ2v) is 5.18. The number of hydrogen-bond acceptors (Lipinski definition) is 2. The van der Waals surface area contributed by atoms with Crippen molar-refractivity contribution in [1.82, 2.24) is 4.90 Å². The Morgan fingerprint density at radius 1 is 1.39 bits per heavy atom. The zero-order valence-corrected chi connectivity index (χ0v) is 11.2. The van der Waals surface area contributed by atoms with Crippen LogP contribution in [0.3, 0.4) is 0 Å². The molecule has 0 aliphatic carbocycles. The maximum atomic E-state index is 12.1. The molecule has 0 spiro atoms. The summed E-state index contributed by atoms with van der Waals surface area (Å²) in [5.41, 5.74) is 6.83. The number of amides is 1. The number of rotatable bonds is 4. The minimum absolute atomic E-state index is 0.220. The fourth-order valence-electron chi connectivity index (χ4n) is 2.46. The predicted molar refractivity (Wildman–Crippen MR) is 73.6 cm³/mol. The van der Waals surface area contributed by atoms with Gasteiger partial charge in [-0.05, 0) is 37.0 Å². The highest BCUT2D eigenvalue weighted by Crippen LogP contribution is 2.18. The molecule has 1 aromatic rings. The second kappa shape index (κ2) is 6.21. The Bertz CT molecular complexity index is 405. The molecule has 0 aromatic heterocycles.